The highest BCUT2D eigenvalue weighted by atomic mass is 32.2. The Kier molecular flexibility index (Phi) is 9.46. The van der Waals surface area contributed by atoms with Gasteiger partial charge in [0, 0.05) is 18.2 Å². The summed E-state index contributed by atoms with van der Waals surface area (Å²) >= 11 is 0. The van der Waals surface area contributed by atoms with Crippen LogP contribution in [0.2, 0.25) is 0 Å². The second kappa shape index (κ2) is 12.6. The van der Waals surface area contributed by atoms with Gasteiger partial charge in [-0.15, -0.1) is 0 Å². The van der Waals surface area contributed by atoms with E-state index >= 15 is 0 Å². The molecular weight excluding hydrogens is 566 g/mol. The smallest absolute Gasteiger partial charge is 0.281 e. The first-order chi connectivity index (χ1) is 20.0. The number of nitrogens with one attached hydrogen (secondary N) is 1. The Balaban J connectivity index is 1.83. The van der Waals surface area contributed by atoms with Crippen LogP contribution in [-0.2, 0) is 10.0 Å². The zero-order valence-electron chi connectivity index (χ0n) is 26.1. The molecule has 0 radical (unpaired) electrons. The van der Waals surface area contributed by atoms with Crippen LogP contribution in [0.1, 0.15) is 81.9 Å². The van der Waals surface area contributed by atoms with Gasteiger partial charge in [-0.05, 0) is 82.1 Å². The van der Waals surface area contributed by atoms with E-state index in [-0.39, 0.29) is 46.5 Å². The minimum atomic E-state index is -4.24. The Hall–Kier alpha value is -3.57. The molecule has 1 aromatic carbocycles. The predicted octanol–water partition coefficient (Wildman–Crippen LogP) is 5.54. The van der Waals surface area contributed by atoms with Crippen LogP contribution in [0, 0.1) is 19.3 Å². The third-order valence-corrected chi connectivity index (χ3v) is 8.52. The number of amides is 1. The highest BCUT2D eigenvalue weighted by molar-refractivity contribution is 7.92. The number of unbranched alkanes of at least 4 members (excludes halogenated alkanes) is 1. The van der Waals surface area contributed by atoms with E-state index in [1.807, 2.05) is 32.0 Å². The first-order valence-electron chi connectivity index (χ1n) is 14.6. The van der Waals surface area contributed by atoms with Crippen molar-refractivity contribution < 1.29 is 23.1 Å². The maximum atomic E-state index is 14.0. The summed E-state index contributed by atoms with van der Waals surface area (Å²) < 4.78 is 35.6. The van der Waals surface area contributed by atoms with Crippen LogP contribution in [0.15, 0.2) is 47.5 Å². The number of aryl methyl sites for hydroxylation is 2. The number of pyridine rings is 1. The van der Waals surface area contributed by atoms with E-state index in [1.165, 1.54) is 18.2 Å². The van der Waals surface area contributed by atoms with Crippen LogP contribution in [0.5, 0.6) is 5.88 Å². The number of fused-ring (bicyclic) bond motifs is 4. The minimum absolute atomic E-state index is 0.0207. The first kappa shape index (κ1) is 32.3. The van der Waals surface area contributed by atoms with E-state index in [4.69, 9.17) is 4.74 Å². The summed E-state index contributed by atoms with van der Waals surface area (Å²) in [5.74, 6) is -0.340. The number of anilines is 1. The number of nitrogens with zero attached hydrogens (tertiary/aromatic N) is 4. The number of aliphatic hydroxyl groups is 1. The predicted molar refractivity (Wildman–Crippen MR) is 167 cm³/mol. The second-order valence-corrected chi connectivity index (χ2v) is 14.8. The quantitative estimate of drug-likeness (QED) is 0.334. The number of aromatic nitrogens is 3. The number of hydrogen-bond donors (Lipinski definition) is 2. The van der Waals surface area contributed by atoms with Crippen molar-refractivity contribution in [1.29, 1.82) is 0 Å². The maximum Gasteiger partial charge on any atom is 0.281 e. The zero-order chi connectivity index (χ0) is 31.6. The highest BCUT2D eigenvalue weighted by Gasteiger charge is 2.32. The molecule has 4 rings (SSSR count). The molecule has 4 bridgehead atoms. The van der Waals surface area contributed by atoms with Crippen molar-refractivity contribution in [2.45, 2.75) is 90.8 Å². The number of carbonyl (C=O) groups is 1. The lowest BCUT2D eigenvalue weighted by molar-refractivity contribution is 0.0497. The van der Waals surface area contributed by atoms with Gasteiger partial charge in [0.05, 0.1) is 17.3 Å². The lowest BCUT2D eigenvalue weighted by Crippen LogP contribution is -2.46. The van der Waals surface area contributed by atoms with E-state index in [0.29, 0.717) is 37.9 Å². The van der Waals surface area contributed by atoms with Gasteiger partial charge >= 0.3 is 0 Å². The van der Waals surface area contributed by atoms with E-state index in [1.54, 1.807) is 24.8 Å². The summed E-state index contributed by atoms with van der Waals surface area (Å²) in [7, 11) is -4.24. The number of sulfonamides is 1. The minimum Gasteiger partial charge on any atom is -0.475 e. The molecule has 1 aliphatic rings. The number of ether oxygens (including phenoxy) is 1. The molecular formula is C32H43N5O5S. The van der Waals surface area contributed by atoms with Crippen LogP contribution in [-0.4, -0.2) is 64.1 Å². The Bertz CT molecular complexity index is 1560. The summed E-state index contributed by atoms with van der Waals surface area (Å²) in [4.78, 5) is 29.0. The monoisotopic (exact) mass is 609 g/mol. The highest BCUT2D eigenvalue weighted by Crippen LogP contribution is 2.31. The Morgan fingerprint density at radius 2 is 1.65 bits per heavy atom. The normalized spacial score (nSPS) is 17.3. The van der Waals surface area contributed by atoms with Gasteiger partial charge in [0.15, 0.2) is 5.03 Å². The summed E-state index contributed by atoms with van der Waals surface area (Å²) in [6.07, 6.45) is 2.54. The van der Waals surface area contributed by atoms with Crippen LogP contribution < -0.4 is 9.46 Å². The van der Waals surface area contributed by atoms with Crippen LogP contribution in [0.25, 0.3) is 11.3 Å². The largest absolute Gasteiger partial charge is 0.475 e. The third kappa shape index (κ3) is 8.51. The average molecular weight is 610 g/mol. The molecule has 2 N–H and O–H groups in total. The molecule has 0 fully saturated rings. The van der Waals surface area contributed by atoms with Gasteiger partial charge < -0.3 is 14.7 Å². The van der Waals surface area contributed by atoms with Crippen molar-refractivity contribution in [3.05, 3.63) is 59.3 Å². The van der Waals surface area contributed by atoms with E-state index in [2.05, 4.69) is 40.4 Å². The van der Waals surface area contributed by atoms with Crippen molar-refractivity contribution in [3.8, 4) is 17.1 Å². The fraction of sp³-hybridized carbons (Fsp3) is 0.500. The summed E-state index contributed by atoms with van der Waals surface area (Å²) in [6.45, 7) is 14.3. The molecule has 232 valence electrons. The molecule has 43 heavy (non-hydrogen) atoms. The van der Waals surface area contributed by atoms with Crippen molar-refractivity contribution in [2.75, 3.05) is 17.9 Å². The molecule has 1 aliphatic heterocycles. The van der Waals surface area contributed by atoms with Crippen molar-refractivity contribution in [1.82, 2.24) is 19.9 Å². The summed E-state index contributed by atoms with van der Waals surface area (Å²) in [5, 5.41) is 9.90. The number of benzene rings is 1. The molecule has 0 saturated heterocycles. The van der Waals surface area contributed by atoms with Gasteiger partial charge in [0.1, 0.15) is 12.3 Å². The average Bonchev–Trinajstić information content (AvgIpc) is 2.89. The molecule has 0 aliphatic carbocycles. The van der Waals surface area contributed by atoms with Crippen LogP contribution >= 0.6 is 0 Å². The molecule has 11 heteroatoms. The Labute approximate surface area is 255 Å². The van der Waals surface area contributed by atoms with Crippen LogP contribution in [0.3, 0.4) is 0 Å². The van der Waals surface area contributed by atoms with Gasteiger partial charge in [-0.25, -0.2) is 14.7 Å². The number of rotatable bonds is 7. The van der Waals surface area contributed by atoms with Crippen molar-refractivity contribution in [3.63, 3.8) is 0 Å². The zero-order valence-corrected chi connectivity index (χ0v) is 27.0. The third-order valence-electron chi connectivity index (χ3n) is 7.29. The molecule has 10 nitrogen and oxygen atoms in total. The molecule has 2 aromatic heterocycles. The van der Waals surface area contributed by atoms with Gasteiger partial charge in [-0.1, -0.05) is 45.0 Å². The SMILES string of the molecule is Cc1cccc(C)c1-c1cc2nc(n1)NS(=O)(=O)c1cccc(n1)C(=O)N(CCCCC(C)(C)O)[C@H](CC(C)(C)C)CO2. The van der Waals surface area contributed by atoms with Crippen molar-refractivity contribution >= 4 is 21.9 Å². The number of carbonyl (C=O) groups excluding carboxylic acids is 1. The Morgan fingerprint density at radius 3 is 2.30 bits per heavy atom. The van der Waals surface area contributed by atoms with Gasteiger partial charge in [-0.3, -0.25) is 4.79 Å². The fourth-order valence-electron chi connectivity index (χ4n) is 5.33. The molecule has 3 aromatic rings. The summed E-state index contributed by atoms with van der Waals surface area (Å²) in [6, 6.07) is 11.6. The standard InChI is InChI=1S/C32H43N5O5S/c1-21-12-10-13-22(2)28(21)25-18-26-35-30(34-25)36-43(40,41)27-15-11-14-24(33-27)29(38)37(17-9-8-16-32(6,7)39)23(20-42-26)19-31(3,4)5/h10-15,18,23,39H,8-9,16-17,19-20H2,1-7H3,(H,34,35,36)/t23-/m1/s1. The van der Waals surface area contributed by atoms with E-state index in [9.17, 15) is 18.3 Å². The molecule has 3 heterocycles. The van der Waals surface area contributed by atoms with Crippen molar-refractivity contribution in [2.24, 2.45) is 5.41 Å². The second-order valence-electron chi connectivity index (χ2n) is 13.1. The fourth-order valence-corrected chi connectivity index (χ4v) is 6.24. The van der Waals surface area contributed by atoms with Gasteiger partial charge in [0.2, 0.25) is 11.8 Å². The lowest BCUT2D eigenvalue weighted by Gasteiger charge is -2.35. The first-order valence-corrected chi connectivity index (χ1v) is 16.1. The topological polar surface area (TPSA) is 135 Å². The molecule has 1 amide bonds. The molecule has 0 unspecified atom stereocenters. The Morgan fingerprint density at radius 1 is 0.977 bits per heavy atom. The van der Waals surface area contributed by atoms with E-state index in [0.717, 1.165) is 16.7 Å². The molecule has 0 spiro atoms. The summed E-state index contributed by atoms with van der Waals surface area (Å²) in [5.41, 5.74) is 2.36. The van der Waals surface area contributed by atoms with Gasteiger partial charge in [-0.2, -0.15) is 13.4 Å². The van der Waals surface area contributed by atoms with Gasteiger partial charge in [0.25, 0.3) is 15.9 Å². The molecule has 1 atom stereocenters. The molecule has 0 saturated carbocycles. The van der Waals surface area contributed by atoms with E-state index < -0.39 is 15.6 Å². The van der Waals surface area contributed by atoms with Crippen LogP contribution in [0.4, 0.5) is 5.95 Å². The maximum absolute atomic E-state index is 14.0. The lowest BCUT2D eigenvalue weighted by atomic mass is 9.87. The number of hydrogen-bond acceptors (Lipinski definition) is 8.